The van der Waals surface area contributed by atoms with Gasteiger partial charge >= 0.3 is 0 Å². The summed E-state index contributed by atoms with van der Waals surface area (Å²) < 4.78 is 14.8. The predicted molar refractivity (Wildman–Crippen MR) is 126 cm³/mol. The molecule has 1 aromatic heterocycles. The molecule has 0 atom stereocenters. The zero-order valence-corrected chi connectivity index (χ0v) is 18.7. The van der Waals surface area contributed by atoms with Crippen LogP contribution < -0.4 is 5.56 Å². The number of H-pyrrole nitrogens is 1. The highest BCUT2D eigenvalue weighted by Crippen LogP contribution is 2.27. The molecule has 5 nitrogen and oxygen atoms in total. The first-order chi connectivity index (χ1) is 16.1. The molecule has 0 saturated carbocycles. The van der Waals surface area contributed by atoms with Crippen LogP contribution >= 0.6 is 0 Å². The predicted octanol–water partition coefficient (Wildman–Crippen LogP) is 4.48. The second-order valence-electron chi connectivity index (χ2n) is 9.06. The Morgan fingerprint density at radius 3 is 2.58 bits per heavy atom. The number of carbonyl (C=O) groups is 1. The third-order valence-corrected chi connectivity index (χ3v) is 6.88. The number of hydrogen-bond donors (Lipinski definition) is 1. The van der Waals surface area contributed by atoms with Crippen LogP contribution in [0.3, 0.4) is 0 Å². The van der Waals surface area contributed by atoms with E-state index >= 15 is 0 Å². The zero-order chi connectivity index (χ0) is 22.8. The molecular formula is C27H28FN3O2. The van der Waals surface area contributed by atoms with Gasteiger partial charge in [-0.05, 0) is 92.3 Å². The lowest BCUT2D eigenvalue weighted by atomic mass is 9.90. The Bertz CT molecular complexity index is 1240. The van der Waals surface area contributed by atoms with Gasteiger partial charge in [0.25, 0.3) is 11.5 Å². The normalized spacial score (nSPS) is 15.5. The van der Waals surface area contributed by atoms with Crippen molar-refractivity contribution in [2.24, 2.45) is 0 Å². The minimum absolute atomic E-state index is 0.0137. The van der Waals surface area contributed by atoms with Crippen molar-refractivity contribution in [3.05, 3.63) is 86.6 Å². The van der Waals surface area contributed by atoms with Crippen LogP contribution in [-0.2, 0) is 25.7 Å². The van der Waals surface area contributed by atoms with Crippen LogP contribution in [0.25, 0.3) is 11.1 Å². The maximum Gasteiger partial charge on any atom is 0.267 e. The largest absolute Gasteiger partial charge is 0.339 e. The van der Waals surface area contributed by atoms with E-state index in [0.29, 0.717) is 29.5 Å². The van der Waals surface area contributed by atoms with E-state index in [-0.39, 0.29) is 17.3 Å². The summed E-state index contributed by atoms with van der Waals surface area (Å²) in [4.78, 5) is 26.7. The molecule has 1 fully saturated rings. The van der Waals surface area contributed by atoms with E-state index < -0.39 is 0 Å². The van der Waals surface area contributed by atoms with Crippen LogP contribution in [0.4, 0.5) is 4.39 Å². The van der Waals surface area contributed by atoms with Crippen LogP contribution in [0.2, 0.25) is 0 Å². The molecule has 3 aromatic rings. The summed E-state index contributed by atoms with van der Waals surface area (Å²) in [6, 6.07) is 12.4. The Balaban J connectivity index is 1.38. The van der Waals surface area contributed by atoms with Crippen molar-refractivity contribution < 1.29 is 9.18 Å². The molecule has 1 aliphatic heterocycles. The number of fused-ring (bicyclic) bond motifs is 1. The second-order valence-corrected chi connectivity index (χ2v) is 9.06. The van der Waals surface area contributed by atoms with Crippen molar-refractivity contribution in [3.63, 3.8) is 0 Å². The van der Waals surface area contributed by atoms with Crippen molar-refractivity contribution in [1.82, 2.24) is 15.1 Å². The van der Waals surface area contributed by atoms with Gasteiger partial charge in [0.2, 0.25) is 0 Å². The van der Waals surface area contributed by atoms with Gasteiger partial charge in [0, 0.05) is 29.8 Å². The molecule has 0 bridgehead atoms. The number of aromatic nitrogens is 2. The molecular weight excluding hydrogens is 417 g/mol. The van der Waals surface area contributed by atoms with E-state index in [1.54, 1.807) is 18.2 Å². The average Bonchev–Trinajstić information content (AvgIpc) is 3.39. The fourth-order valence-electron chi connectivity index (χ4n) is 5.07. The molecule has 1 amide bonds. The summed E-state index contributed by atoms with van der Waals surface area (Å²) in [7, 11) is 0. The average molecular weight is 446 g/mol. The molecule has 1 aliphatic carbocycles. The molecule has 0 unspecified atom stereocenters. The Kier molecular flexibility index (Phi) is 6.07. The van der Waals surface area contributed by atoms with Crippen LogP contribution in [0, 0.1) is 5.82 Å². The molecule has 2 heterocycles. The first kappa shape index (κ1) is 21.6. The lowest BCUT2D eigenvalue weighted by Gasteiger charge is -2.17. The van der Waals surface area contributed by atoms with Crippen molar-refractivity contribution in [3.8, 4) is 11.1 Å². The number of halogens is 1. The van der Waals surface area contributed by atoms with Gasteiger partial charge < -0.3 is 4.90 Å². The topological polar surface area (TPSA) is 66.1 Å². The highest BCUT2D eigenvalue weighted by atomic mass is 19.1. The monoisotopic (exact) mass is 445 g/mol. The molecule has 5 rings (SSSR count). The van der Waals surface area contributed by atoms with Gasteiger partial charge in [0.15, 0.2) is 0 Å². The molecule has 6 heteroatoms. The summed E-state index contributed by atoms with van der Waals surface area (Å²) in [5, 5.41) is 6.97. The second kappa shape index (κ2) is 9.30. The van der Waals surface area contributed by atoms with Gasteiger partial charge in [0.05, 0.1) is 5.69 Å². The summed E-state index contributed by atoms with van der Waals surface area (Å²) in [6.07, 6.45) is 7.30. The number of likely N-dealkylation sites (tertiary alicyclic amines) is 1. The lowest BCUT2D eigenvalue weighted by Crippen LogP contribution is -2.27. The number of amides is 1. The molecule has 2 aromatic carbocycles. The smallest absolute Gasteiger partial charge is 0.267 e. The van der Waals surface area contributed by atoms with E-state index in [0.717, 1.165) is 74.0 Å². The Morgan fingerprint density at radius 1 is 0.970 bits per heavy atom. The Labute approximate surface area is 192 Å². The minimum atomic E-state index is -0.302. The van der Waals surface area contributed by atoms with Gasteiger partial charge in [-0.2, -0.15) is 5.10 Å². The van der Waals surface area contributed by atoms with Crippen molar-refractivity contribution in [2.75, 3.05) is 13.1 Å². The van der Waals surface area contributed by atoms with Crippen LogP contribution in [0.15, 0.2) is 47.3 Å². The third-order valence-electron chi connectivity index (χ3n) is 6.88. The van der Waals surface area contributed by atoms with Crippen LogP contribution in [0.1, 0.15) is 58.4 Å². The van der Waals surface area contributed by atoms with Crippen LogP contribution in [-0.4, -0.2) is 34.1 Å². The maximum atomic E-state index is 14.8. The van der Waals surface area contributed by atoms with Crippen molar-refractivity contribution in [2.45, 2.75) is 51.4 Å². The summed E-state index contributed by atoms with van der Waals surface area (Å²) in [5.74, 6) is -0.288. The molecule has 0 spiro atoms. The highest BCUT2D eigenvalue weighted by molar-refractivity contribution is 5.95. The quantitative estimate of drug-likeness (QED) is 0.630. The summed E-state index contributed by atoms with van der Waals surface area (Å²) in [5.41, 5.74) is 5.66. The van der Waals surface area contributed by atoms with E-state index in [4.69, 9.17) is 0 Å². The fourth-order valence-corrected chi connectivity index (χ4v) is 5.07. The number of nitrogens with one attached hydrogen (secondary N) is 1. The molecule has 0 radical (unpaired) electrons. The SMILES string of the molecule is O=C(c1cccc(-c2cc(CCc3n[nH]c(=O)c4c3CCCC4)ccc2F)c1)N1CCCC1. The number of hydrogen-bond acceptors (Lipinski definition) is 3. The van der Waals surface area contributed by atoms with Gasteiger partial charge in [-0.15, -0.1) is 0 Å². The van der Waals surface area contributed by atoms with Gasteiger partial charge in [-0.3, -0.25) is 9.59 Å². The van der Waals surface area contributed by atoms with Crippen molar-refractivity contribution >= 4 is 5.91 Å². The van der Waals surface area contributed by atoms with Gasteiger partial charge in [-0.1, -0.05) is 18.2 Å². The number of aromatic amines is 1. The van der Waals surface area contributed by atoms with Gasteiger partial charge in [0.1, 0.15) is 5.82 Å². The van der Waals surface area contributed by atoms with Gasteiger partial charge in [-0.25, -0.2) is 9.49 Å². The number of nitrogens with zero attached hydrogens (tertiary/aromatic N) is 2. The van der Waals surface area contributed by atoms with Crippen LogP contribution in [0.5, 0.6) is 0 Å². The lowest BCUT2D eigenvalue weighted by molar-refractivity contribution is 0.0793. The molecule has 1 saturated heterocycles. The Morgan fingerprint density at radius 2 is 1.76 bits per heavy atom. The number of aryl methyl sites for hydroxylation is 2. The third kappa shape index (κ3) is 4.47. The van der Waals surface area contributed by atoms with E-state index in [9.17, 15) is 14.0 Å². The Hall–Kier alpha value is -3.28. The zero-order valence-electron chi connectivity index (χ0n) is 18.7. The fraction of sp³-hybridized carbons (Fsp3) is 0.370. The molecule has 170 valence electrons. The van der Waals surface area contributed by atoms with E-state index in [2.05, 4.69) is 10.2 Å². The molecule has 2 aliphatic rings. The number of carbonyl (C=O) groups excluding carboxylic acids is 1. The first-order valence-corrected chi connectivity index (χ1v) is 11.9. The van der Waals surface area contributed by atoms with E-state index in [1.807, 2.05) is 23.1 Å². The first-order valence-electron chi connectivity index (χ1n) is 11.9. The summed E-state index contributed by atoms with van der Waals surface area (Å²) >= 11 is 0. The highest BCUT2D eigenvalue weighted by Gasteiger charge is 2.20. The number of rotatable bonds is 5. The summed E-state index contributed by atoms with van der Waals surface area (Å²) in [6.45, 7) is 1.57. The minimum Gasteiger partial charge on any atom is -0.339 e. The standard InChI is InChI=1S/C27H28FN3O2/c28-24-12-10-18(11-13-25-21-8-1-2-9-22(21)26(32)30-29-25)16-23(24)19-6-5-7-20(17-19)27(33)31-14-3-4-15-31/h5-7,10,12,16-17H,1-4,8-9,11,13-15H2,(H,30,32). The van der Waals surface area contributed by atoms with E-state index in [1.165, 1.54) is 6.07 Å². The molecule has 33 heavy (non-hydrogen) atoms. The molecule has 1 N–H and O–H groups in total. The van der Waals surface area contributed by atoms with Crippen molar-refractivity contribution in [1.29, 1.82) is 0 Å². The number of benzene rings is 2. The maximum absolute atomic E-state index is 14.8.